The fourth-order valence-electron chi connectivity index (χ4n) is 2.49. The Morgan fingerprint density at radius 1 is 1.00 bits per heavy atom. The van der Waals surface area contributed by atoms with Crippen molar-refractivity contribution in [2.75, 3.05) is 23.0 Å². The molecule has 1 heterocycles. The van der Waals surface area contributed by atoms with Gasteiger partial charge in [0, 0.05) is 18.4 Å². The lowest BCUT2D eigenvalue weighted by Crippen LogP contribution is -2.15. The van der Waals surface area contributed by atoms with Crippen LogP contribution in [0.3, 0.4) is 0 Å². The largest absolute Gasteiger partial charge is 0.393 e. The second kappa shape index (κ2) is 7.00. The number of para-hydroxylation sites is 1. The molecule has 0 aliphatic carbocycles. The van der Waals surface area contributed by atoms with E-state index in [4.69, 9.17) is 5.73 Å². The molecule has 0 saturated carbocycles. The lowest BCUT2D eigenvalue weighted by atomic mass is 10.1. The molecule has 24 heavy (non-hydrogen) atoms. The maximum atomic E-state index is 6.30. The van der Waals surface area contributed by atoms with E-state index < -0.39 is 0 Å². The SMILES string of the molecule is CCc1ccc(Nc2ncnc(N(C)c3ccccc3)c2N)cc1. The normalized spacial score (nSPS) is 10.4. The van der Waals surface area contributed by atoms with Crippen molar-refractivity contribution in [2.45, 2.75) is 13.3 Å². The van der Waals surface area contributed by atoms with E-state index in [9.17, 15) is 0 Å². The number of hydrogen-bond donors (Lipinski definition) is 2. The van der Waals surface area contributed by atoms with Crippen molar-refractivity contribution in [1.29, 1.82) is 0 Å². The van der Waals surface area contributed by atoms with Crippen LogP contribution in [0.4, 0.5) is 28.7 Å². The van der Waals surface area contributed by atoms with Crippen LogP contribution in [0.15, 0.2) is 60.9 Å². The van der Waals surface area contributed by atoms with Crippen molar-refractivity contribution in [3.8, 4) is 0 Å². The number of aromatic nitrogens is 2. The maximum absolute atomic E-state index is 6.30. The predicted octanol–water partition coefficient (Wildman–Crippen LogP) is 4.13. The van der Waals surface area contributed by atoms with Crippen molar-refractivity contribution in [3.63, 3.8) is 0 Å². The van der Waals surface area contributed by atoms with Crippen LogP contribution < -0.4 is 16.0 Å². The van der Waals surface area contributed by atoms with Crippen LogP contribution in [0.2, 0.25) is 0 Å². The molecule has 0 bridgehead atoms. The molecule has 0 fully saturated rings. The number of hydrogen-bond acceptors (Lipinski definition) is 5. The quantitative estimate of drug-likeness (QED) is 0.740. The molecule has 3 aromatic rings. The van der Waals surface area contributed by atoms with Crippen LogP contribution >= 0.6 is 0 Å². The highest BCUT2D eigenvalue weighted by Gasteiger charge is 2.13. The van der Waals surface area contributed by atoms with Gasteiger partial charge in [0.05, 0.1) is 0 Å². The molecule has 0 aliphatic rings. The van der Waals surface area contributed by atoms with Gasteiger partial charge in [0.15, 0.2) is 11.6 Å². The van der Waals surface area contributed by atoms with Crippen LogP contribution in [0, 0.1) is 0 Å². The van der Waals surface area contributed by atoms with E-state index in [2.05, 4.69) is 34.3 Å². The lowest BCUT2D eigenvalue weighted by Gasteiger charge is -2.21. The van der Waals surface area contributed by atoms with Gasteiger partial charge in [-0.15, -0.1) is 0 Å². The van der Waals surface area contributed by atoms with Crippen LogP contribution in [0.5, 0.6) is 0 Å². The summed E-state index contributed by atoms with van der Waals surface area (Å²) in [6, 6.07) is 18.2. The molecule has 3 N–H and O–H groups in total. The summed E-state index contributed by atoms with van der Waals surface area (Å²) in [6.45, 7) is 2.14. The number of nitrogen functional groups attached to an aromatic ring is 1. The molecule has 0 amide bonds. The monoisotopic (exact) mass is 319 g/mol. The van der Waals surface area contributed by atoms with Crippen molar-refractivity contribution in [3.05, 3.63) is 66.5 Å². The number of rotatable bonds is 5. The third-order valence-electron chi connectivity index (χ3n) is 3.95. The summed E-state index contributed by atoms with van der Waals surface area (Å²) in [4.78, 5) is 10.6. The Morgan fingerprint density at radius 2 is 1.71 bits per heavy atom. The second-order valence-electron chi connectivity index (χ2n) is 5.53. The molecule has 5 heteroatoms. The van der Waals surface area contributed by atoms with Gasteiger partial charge in [-0.05, 0) is 36.2 Å². The number of nitrogens with one attached hydrogen (secondary N) is 1. The number of nitrogens with two attached hydrogens (primary N) is 1. The summed E-state index contributed by atoms with van der Waals surface area (Å²) in [5.74, 6) is 1.27. The number of benzene rings is 2. The van der Waals surface area contributed by atoms with Crippen molar-refractivity contribution in [2.24, 2.45) is 0 Å². The van der Waals surface area contributed by atoms with E-state index in [1.165, 1.54) is 11.9 Å². The summed E-state index contributed by atoms with van der Waals surface area (Å²) in [6.07, 6.45) is 2.54. The number of anilines is 5. The molecule has 0 saturated heterocycles. The average Bonchev–Trinajstić information content (AvgIpc) is 2.64. The van der Waals surface area contributed by atoms with Gasteiger partial charge in [-0.3, -0.25) is 0 Å². The third-order valence-corrected chi connectivity index (χ3v) is 3.95. The molecule has 2 aromatic carbocycles. The first-order valence-electron chi connectivity index (χ1n) is 7.94. The first kappa shape index (κ1) is 15.8. The highest BCUT2D eigenvalue weighted by atomic mass is 15.2. The molecule has 5 nitrogen and oxygen atoms in total. The van der Waals surface area contributed by atoms with Crippen molar-refractivity contribution in [1.82, 2.24) is 9.97 Å². The smallest absolute Gasteiger partial charge is 0.161 e. The molecular formula is C19H21N5. The molecule has 122 valence electrons. The van der Waals surface area contributed by atoms with Gasteiger partial charge < -0.3 is 16.0 Å². The Morgan fingerprint density at radius 3 is 2.38 bits per heavy atom. The summed E-state index contributed by atoms with van der Waals surface area (Å²) in [7, 11) is 1.94. The van der Waals surface area contributed by atoms with Crippen molar-refractivity contribution < 1.29 is 0 Å². The Labute approximate surface area is 142 Å². The third kappa shape index (κ3) is 3.30. The van der Waals surface area contributed by atoms with Gasteiger partial charge in [0.1, 0.15) is 12.0 Å². The van der Waals surface area contributed by atoms with E-state index >= 15 is 0 Å². The highest BCUT2D eigenvalue weighted by molar-refractivity contribution is 5.81. The minimum atomic E-state index is 0.517. The van der Waals surface area contributed by atoms with Gasteiger partial charge in [0.25, 0.3) is 0 Å². The van der Waals surface area contributed by atoms with E-state index in [1.54, 1.807) is 0 Å². The van der Waals surface area contributed by atoms with E-state index in [0.29, 0.717) is 17.3 Å². The Hall–Kier alpha value is -3.08. The zero-order valence-corrected chi connectivity index (χ0v) is 13.9. The van der Waals surface area contributed by atoms with Gasteiger partial charge in [-0.25, -0.2) is 9.97 Å². The molecule has 0 aliphatic heterocycles. The summed E-state index contributed by atoms with van der Waals surface area (Å²) in [5.41, 5.74) is 10.1. The van der Waals surface area contributed by atoms with Crippen LogP contribution in [0.25, 0.3) is 0 Å². The van der Waals surface area contributed by atoms with Crippen LogP contribution in [-0.2, 0) is 6.42 Å². The summed E-state index contributed by atoms with van der Waals surface area (Å²) >= 11 is 0. The second-order valence-corrected chi connectivity index (χ2v) is 5.53. The first-order chi connectivity index (χ1) is 11.7. The molecule has 0 radical (unpaired) electrons. The van der Waals surface area contributed by atoms with Crippen LogP contribution in [-0.4, -0.2) is 17.0 Å². The average molecular weight is 319 g/mol. The summed E-state index contributed by atoms with van der Waals surface area (Å²) in [5, 5.41) is 3.27. The fourth-order valence-corrected chi connectivity index (χ4v) is 2.49. The Balaban J connectivity index is 1.87. The fraction of sp³-hybridized carbons (Fsp3) is 0.158. The molecule has 0 spiro atoms. The van der Waals surface area contributed by atoms with Crippen molar-refractivity contribution >= 4 is 28.7 Å². The zero-order chi connectivity index (χ0) is 16.9. The minimum absolute atomic E-state index is 0.517. The summed E-state index contributed by atoms with van der Waals surface area (Å²) < 4.78 is 0. The Kier molecular flexibility index (Phi) is 4.61. The number of aryl methyl sites for hydroxylation is 1. The van der Waals surface area contributed by atoms with E-state index in [0.717, 1.165) is 17.8 Å². The van der Waals surface area contributed by atoms with Gasteiger partial charge >= 0.3 is 0 Å². The lowest BCUT2D eigenvalue weighted by molar-refractivity contribution is 1.09. The maximum Gasteiger partial charge on any atom is 0.161 e. The predicted molar refractivity (Wildman–Crippen MR) is 100 cm³/mol. The van der Waals surface area contributed by atoms with Gasteiger partial charge in [-0.2, -0.15) is 0 Å². The topological polar surface area (TPSA) is 67.1 Å². The highest BCUT2D eigenvalue weighted by Crippen LogP contribution is 2.31. The van der Waals surface area contributed by atoms with E-state index in [1.807, 2.05) is 54.4 Å². The minimum Gasteiger partial charge on any atom is -0.393 e. The first-order valence-corrected chi connectivity index (χ1v) is 7.94. The zero-order valence-electron chi connectivity index (χ0n) is 13.9. The van der Waals surface area contributed by atoms with E-state index in [-0.39, 0.29) is 0 Å². The molecule has 0 atom stereocenters. The standard InChI is InChI=1S/C19H21N5/c1-3-14-9-11-15(12-10-14)23-18-17(20)19(22-13-21-18)24(2)16-7-5-4-6-8-16/h4-13H,3,20H2,1-2H3,(H,21,22,23). The van der Waals surface area contributed by atoms with Crippen LogP contribution in [0.1, 0.15) is 12.5 Å². The molecule has 3 rings (SSSR count). The molecular weight excluding hydrogens is 298 g/mol. The molecule has 1 aromatic heterocycles. The number of nitrogens with zero attached hydrogens (tertiary/aromatic N) is 3. The molecule has 0 unspecified atom stereocenters. The van der Waals surface area contributed by atoms with Gasteiger partial charge in [0.2, 0.25) is 0 Å². The van der Waals surface area contributed by atoms with Gasteiger partial charge in [-0.1, -0.05) is 37.3 Å². The Bertz CT molecular complexity index is 800.